The largest absolute Gasteiger partial charge is 0.450 e. The molecule has 1 aromatic heterocycles. The number of allylic oxidation sites excluding steroid dienone is 1. The number of carbonyl (C=O) groups excluding carboxylic acids is 2. The molecule has 0 saturated carbocycles. The summed E-state index contributed by atoms with van der Waals surface area (Å²) in [4.78, 5) is 24.3. The summed E-state index contributed by atoms with van der Waals surface area (Å²) in [5, 5.41) is 6.62. The smallest absolute Gasteiger partial charge is 0.425 e. The van der Waals surface area contributed by atoms with Gasteiger partial charge in [-0.3, -0.25) is 0 Å². The van der Waals surface area contributed by atoms with Crippen molar-refractivity contribution in [1.82, 2.24) is 10.6 Å². The fourth-order valence-electron chi connectivity index (χ4n) is 1.92. The molecule has 2 amide bonds. The molecule has 0 bridgehead atoms. The van der Waals surface area contributed by atoms with Gasteiger partial charge >= 0.3 is 18.2 Å². The van der Waals surface area contributed by atoms with Gasteiger partial charge in [0.25, 0.3) is 0 Å². The lowest BCUT2D eigenvalue weighted by molar-refractivity contribution is -0.214. The zero-order valence-corrected chi connectivity index (χ0v) is 12.5. The number of rotatable bonds is 3. The van der Waals surface area contributed by atoms with Crippen molar-refractivity contribution in [2.45, 2.75) is 32.2 Å². The Morgan fingerprint density at radius 2 is 2.14 bits per heavy atom. The van der Waals surface area contributed by atoms with E-state index in [4.69, 9.17) is 0 Å². The highest BCUT2D eigenvalue weighted by Gasteiger charge is 2.41. The lowest BCUT2D eigenvalue weighted by Crippen LogP contribution is -2.45. The molecule has 120 valence electrons. The maximum Gasteiger partial charge on any atom is 0.425 e. The molecular formula is C13H13F3N2O3S. The van der Waals surface area contributed by atoms with Crippen LogP contribution in [-0.2, 0) is 9.53 Å². The van der Waals surface area contributed by atoms with Crippen molar-refractivity contribution in [3.63, 3.8) is 0 Å². The number of thiophene rings is 1. The van der Waals surface area contributed by atoms with Gasteiger partial charge in [-0.15, -0.1) is 11.3 Å². The van der Waals surface area contributed by atoms with Gasteiger partial charge < -0.3 is 15.4 Å². The van der Waals surface area contributed by atoms with Crippen LogP contribution in [0.25, 0.3) is 0 Å². The van der Waals surface area contributed by atoms with Crippen LogP contribution in [0, 0.1) is 0 Å². The Bertz CT molecular complexity index is 611. The molecular weight excluding hydrogens is 321 g/mol. The number of nitrogens with one attached hydrogen (secondary N) is 2. The molecule has 2 heterocycles. The van der Waals surface area contributed by atoms with Crippen LogP contribution in [0.1, 0.15) is 24.8 Å². The molecule has 0 aliphatic carbocycles. The van der Waals surface area contributed by atoms with Gasteiger partial charge in [-0.1, -0.05) is 6.07 Å². The predicted molar refractivity (Wildman–Crippen MR) is 73.0 cm³/mol. The number of hydrogen-bond donors (Lipinski definition) is 2. The molecule has 1 aliphatic rings. The summed E-state index contributed by atoms with van der Waals surface area (Å²) in [5.41, 5.74) is 0.125. The summed E-state index contributed by atoms with van der Waals surface area (Å²) < 4.78 is 42.1. The Kier molecular flexibility index (Phi) is 4.45. The lowest BCUT2D eigenvalue weighted by Gasteiger charge is -2.28. The predicted octanol–water partition coefficient (Wildman–Crippen LogP) is 2.87. The number of hydrogen-bond acceptors (Lipinski definition) is 4. The van der Waals surface area contributed by atoms with Crippen molar-refractivity contribution < 1.29 is 27.5 Å². The summed E-state index contributed by atoms with van der Waals surface area (Å²) in [6, 6.07) is 2.03. The van der Waals surface area contributed by atoms with E-state index in [9.17, 15) is 22.8 Å². The second kappa shape index (κ2) is 5.99. The average molecular weight is 334 g/mol. The highest BCUT2D eigenvalue weighted by atomic mass is 32.1. The van der Waals surface area contributed by atoms with Gasteiger partial charge in [-0.25, -0.2) is 9.59 Å². The van der Waals surface area contributed by atoms with E-state index in [1.165, 1.54) is 18.3 Å². The number of esters is 1. The molecule has 0 radical (unpaired) electrons. The van der Waals surface area contributed by atoms with Crippen molar-refractivity contribution >= 4 is 23.3 Å². The normalized spacial score (nSPS) is 20.2. The van der Waals surface area contributed by atoms with Crippen LogP contribution in [0.3, 0.4) is 0 Å². The molecule has 1 aliphatic heterocycles. The van der Waals surface area contributed by atoms with Gasteiger partial charge in [0.05, 0.1) is 11.6 Å². The molecule has 0 fully saturated rings. The molecule has 0 saturated heterocycles. The van der Waals surface area contributed by atoms with Gasteiger partial charge in [0.15, 0.2) is 6.10 Å². The number of alkyl halides is 3. The molecule has 2 atom stereocenters. The number of halogens is 3. The molecule has 2 unspecified atom stereocenters. The first kappa shape index (κ1) is 16.3. The molecule has 22 heavy (non-hydrogen) atoms. The van der Waals surface area contributed by atoms with Crippen molar-refractivity contribution in [2.75, 3.05) is 0 Å². The van der Waals surface area contributed by atoms with Crippen molar-refractivity contribution in [3.8, 4) is 0 Å². The Morgan fingerprint density at radius 1 is 1.45 bits per heavy atom. The average Bonchev–Trinajstić information content (AvgIpc) is 2.89. The number of amides is 2. The van der Waals surface area contributed by atoms with Crippen LogP contribution in [-0.4, -0.2) is 24.3 Å². The number of ether oxygens (including phenoxy) is 1. The Hall–Kier alpha value is -2.03. The van der Waals surface area contributed by atoms with E-state index in [0.717, 1.165) is 6.92 Å². The van der Waals surface area contributed by atoms with E-state index in [-0.39, 0.29) is 11.3 Å². The Balaban J connectivity index is 2.30. The molecule has 0 aromatic carbocycles. The van der Waals surface area contributed by atoms with Crippen LogP contribution >= 0.6 is 11.3 Å². The zero-order chi connectivity index (χ0) is 16.5. The van der Waals surface area contributed by atoms with Gasteiger partial charge in [0.1, 0.15) is 0 Å². The summed E-state index contributed by atoms with van der Waals surface area (Å²) in [6.45, 7) is 2.19. The third-order valence-corrected chi connectivity index (χ3v) is 4.00. The second-order valence-corrected chi connectivity index (χ2v) is 5.65. The molecule has 0 spiro atoms. The second-order valence-electron chi connectivity index (χ2n) is 4.67. The van der Waals surface area contributed by atoms with Crippen LogP contribution in [0.2, 0.25) is 0 Å². The monoisotopic (exact) mass is 334 g/mol. The minimum absolute atomic E-state index is 0.0434. The number of urea groups is 1. The van der Waals surface area contributed by atoms with Gasteiger partial charge in [-0.2, -0.15) is 13.2 Å². The fourth-order valence-corrected chi connectivity index (χ4v) is 2.71. The van der Waals surface area contributed by atoms with Crippen molar-refractivity contribution in [3.05, 3.63) is 33.7 Å². The van der Waals surface area contributed by atoms with E-state index < -0.39 is 30.3 Å². The SMILES string of the molecule is CC1=C(C(=O)OC(C)C(F)(F)F)C(c2cccs2)NC(=O)N1. The standard InChI is InChI=1S/C13H13F3N2O3S/c1-6-9(11(19)21-7(2)13(14,15)16)10(18-12(20)17-6)8-4-3-5-22-8/h3-5,7,10H,1-2H3,(H2,17,18,20). The van der Waals surface area contributed by atoms with E-state index >= 15 is 0 Å². The quantitative estimate of drug-likeness (QED) is 0.835. The first-order valence-electron chi connectivity index (χ1n) is 6.29. The van der Waals surface area contributed by atoms with Crippen LogP contribution in [0.5, 0.6) is 0 Å². The number of carbonyl (C=O) groups is 2. The van der Waals surface area contributed by atoms with Crippen molar-refractivity contribution in [1.29, 1.82) is 0 Å². The first-order valence-corrected chi connectivity index (χ1v) is 7.17. The van der Waals surface area contributed by atoms with Gasteiger partial charge in [-0.05, 0) is 25.3 Å². The summed E-state index contributed by atoms with van der Waals surface area (Å²) >= 11 is 1.27. The van der Waals surface area contributed by atoms with E-state index in [1.807, 2.05) is 0 Å². The Labute approximate surface area is 128 Å². The maximum atomic E-state index is 12.5. The molecule has 5 nitrogen and oxygen atoms in total. The highest BCUT2D eigenvalue weighted by molar-refractivity contribution is 7.10. The third-order valence-electron chi connectivity index (χ3n) is 3.06. The summed E-state index contributed by atoms with van der Waals surface area (Å²) in [5.74, 6) is -1.12. The topological polar surface area (TPSA) is 67.4 Å². The summed E-state index contributed by atoms with van der Waals surface area (Å²) in [7, 11) is 0. The van der Waals surface area contributed by atoms with E-state index in [1.54, 1.807) is 17.5 Å². The molecule has 1 aromatic rings. The molecule has 2 rings (SSSR count). The van der Waals surface area contributed by atoms with Crippen LogP contribution in [0.15, 0.2) is 28.8 Å². The lowest BCUT2D eigenvalue weighted by atomic mass is 10.0. The zero-order valence-electron chi connectivity index (χ0n) is 11.7. The highest BCUT2D eigenvalue weighted by Crippen LogP contribution is 2.32. The molecule has 9 heteroatoms. The van der Waals surface area contributed by atoms with Gasteiger partial charge in [0, 0.05) is 10.6 Å². The minimum Gasteiger partial charge on any atom is -0.450 e. The fraction of sp³-hybridized carbons (Fsp3) is 0.385. The van der Waals surface area contributed by atoms with Crippen LogP contribution < -0.4 is 10.6 Å². The Morgan fingerprint density at radius 3 is 2.68 bits per heavy atom. The molecule has 2 N–H and O–H groups in total. The minimum atomic E-state index is -4.64. The van der Waals surface area contributed by atoms with Crippen LogP contribution in [0.4, 0.5) is 18.0 Å². The van der Waals surface area contributed by atoms with Gasteiger partial charge in [0.2, 0.25) is 0 Å². The van der Waals surface area contributed by atoms with E-state index in [2.05, 4.69) is 15.4 Å². The third kappa shape index (κ3) is 3.41. The van der Waals surface area contributed by atoms with Crippen molar-refractivity contribution in [2.24, 2.45) is 0 Å². The van der Waals surface area contributed by atoms with E-state index in [0.29, 0.717) is 4.88 Å². The first-order chi connectivity index (χ1) is 10.2. The maximum absolute atomic E-state index is 12.5. The summed E-state index contributed by atoms with van der Waals surface area (Å²) in [6.07, 6.45) is -6.88.